The average Bonchev–Trinajstić information content (AvgIpc) is 3.15. The highest BCUT2D eigenvalue weighted by molar-refractivity contribution is 6.39. The van der Waals surface area contributed by atoms with Crippen LogP contribution in [-0.4, -0.2) is 50.7 Å². The zero-order valence-electron chi connectivity index (χ0n) is 12.8. The van der Waals surface area contributed by atoms with Crippen LogP contribution in [-0.2, 0) is 9.59 Å². The van der Waals surface area contributed by atoms with E-state index in [2.05, 4.69) is 15.2 Å². The van der Waals surface area contributed by atoms with Crippen molar-refractivity contribution < 1.29 is 14.1 Å². The molecular formula is C14H19N5O3. The van der Waals surface area contributed by atoms with Gasteiger partial charge in [-0.2, -0.15) is 10.1 Å². The Morgan fingerprint density at radius 1 is 1.41 bits per heavy atom. The van der Waals surface area contributed by atoms with Crippen molar-refractivity contribution in [3.05, 3.63) is 11.7 Å². The van der Waals surface area contributed by atoms with E-state index in [4.69, 9.17) is 4.52 Å². The molecule has 22 heavy (non-hydrogen) atoms. The Kier molecular flexibility index (Phi) is 3.91. The summed E-state index contributed by atoms with van der Waals surface area (Å²) in [7, 11) is 0. The predicted octanol–water partition coefficient (Wildman–Crippen LogP) is 1.04. The number of hydrazone groups is 1. The monoisotopic (exact) mass is 305 g/mol. The third-order valence-electron chi connectivity index (χ3n) is 4.01. The summed E-state index contributed by atoms with van der Waals surface area (Å²) < 4.78 is 5.02. The van der Waals surface area contributed by atoms with E-state index in [9.17, 15) is 9.59 Å². The van der Waals surface area contributed by atoms with Crippen LogP contribution in [0, 0.1) is 6.92 Å². The van der Waals surface area contributed by atoms with E-state index in [1.54, 1.807) is 11.8 Å². The quantitative estimate of drug-likeness (QED) is 0.832. The number of rotatable bonds is 3. The van der Waals surface area contributed by atoms with Crippen LogP contribution in [0.2, 0.25) is 0 Å². The molecule has 8 heteroatoms. The SMILES string of the molecule is CCN1N=C(C(=O)N2CCC[C@H]2c2noc(C)n2)CCC1=O. The molecule has 0 N–H and O–H groups in total. The number of carbonyl (C=O) groups is 2. The molecule has 0 saturated carbocycles. The van der Waals surface area contributed by atoms with Crippen molar-refractivity contribution in [2.24, 2.45) is 5.10 Å². The molecule has 0 unspecified atom stereocenters. The molecule has 0 bridgehead atoms. The molecule has 3 heterocycles. The molecule has 1 saturated heterocycles. The maximum Gasteiger partial charge on any atom is 0.270 e. The van der Waals surface area contributed by atoms with Gasteiger partial charge in [0.15, 0.2) is 5.82 Å². The molecule has 1 aromatic rings. The van der Waals surface area contributed by atoms with Crippen LogP contribution in [0.3, 0.4) is 0 Å². The van der Waals surface area contributed by atoms with Crippen molar-refractivity contribution in [2.75, 3.05) is 13.1 Å². The normalized spacial score (nSPS) is 22.2. The topological polar surface area (TPSA) is 91.9 Å². The largest absolute Gasteiger partial charge is 0.340 e. The smallest absolute Gasteiger partial charge is 0.270 e. The number of aryl methyl sites for hydroxylation is 1. The van der Waals surface area contributed by atoms with E-state index in [-0.39, 0.29) is 17.9 Å². The van der Waals surface area contributed by atoms with Crippen LogP contribution < -0.4 is 0 Å². The van der Waals surface area contributed by atoms with Gasteiger partial charge in [-0.05, 0) is 19.8 Å². The van der Waals surface area contributed by atoms with Gasteiger partial charge in [-0.15, -0.1) is 0 Å². The second kappa shape index (κ2) is 5.86. The van der Waals surface area contributed by atoms with Gasteiger partial charge >= 0.3 is 0 Å². The number of hydrogen-bond donors (Lipinski definition) is 0. The van der Waals surface area contributed by atoms with Crippen molar-refractivity contribution >= 4 is 17.5 Å². The zero-order valence-corrected chi connectivity index (χ0v) is 12.8. The fraction of sp³-hybridized carbons (Fsp3) is 0.643. The van der Waals surface area contributed by atoms with Crippen molar-refractivity contribution in [3.63, 3.8) is 0 Å². The van der Waals surface area contributed by atoms with Crippen LogP contribution >= 0.6 is 0 Å². The zero-order chi connectivity index (χ0) is 15.7. The Balaban J connectivity index is 1.80. The van der Waals surface area contributed by atoms with Gasteiger partial charge < -0.3 is 9.42 Å². The van der Waals surface area contributed by atoms with Gasteiger partial charge in [0.1, 0.15) is 5.71 Å². The van der Waals surface area contributed by atoms with Crippen LogP contribution in [0.15, 0.2) is 9.62 Å². The average molecular weight is 305 g/mol. The standard InChI is InChI=1S/C14H19N5O3/c1-3-19-12(20)7-6-10(16-19)14(21)18-8-4-5-11(18)13-15-9(2)22-17-13/h11H,3-8H2,1-2H3/t11-/m0/s1. The summed E-state index contributed by atoms with van der Waals surface area (Å²) >= 11 is 0. The van der Waals surface area contributed by atoms with Crippen molar-refractivity contribution in [3.8, 4) is 0 Å². The molecule has 1 fully saturated rings. The lowest BCUT2D eigenvalue weighted by Gasteiger charge is -2.26. The van der Waals surface area contributed by atoms with E-state index in [1.807, 2.05) is 6.92 Å². The minimum Gasteiger partial charge on any atom is -0.340 e. The first kappa shape index (κ1) is 14.7. The Bertz CT molecular complexity index is 624. The Morgan fingerprint density at radius 3 is 2.91 bits per heavy atom. The third-order valence-corrected chi connectivity index (χ3v) is 4.01. The number of carbonyl (C=O) groups excluding carboxylic acids is 2. The molecule has 0 radical (unpaired) electrons. The second-order valence-corrected chi connectivity index (χ2v) is 5.48. The minimum atomic E-state index is -0.166. The Morgan fingerprint density at radius 2 is 2.23 bits per heavy atom. The lowest BCUT2D eigenvalue weighted by Crippen LogP contribution is -2.41. The van der Waals surface area contributed by atoms with Crippen LogP contribution in [0.1, 0.15) is 50.4 Å². The summed E-state index contributed by atoms with van der Waals surface area (Å²) in [6, 6.07) is -0.166. The number of amides is 2. The summed E-state index contributed by atoms with van der Waals surface area (Å²) in [5, 5.41) is 9.50. The lowest BCUT2D eigenvalue weighted by atomic mass is 10.1. The Labute approximate surface area is 128 Å². The molecule has 2 amide bonds. The van der Waals surface area contributed by atoms with Gasteiger partial charge in [-0.3, -0.25) is 9.59 Å². The lowest BCUT2D eigenvalue weighted by molar-refractivity contribution is -0.132. The van der Waals surface area contributed by atoms with E-state index < -0.39 is 0 Å². The van der Waals surface area contributed by atoms with Gasteiger partial charge in [0.25, 0.3) is 5.91 Å². The van der Waals surface area contributed by atoms with Gasteiger partial charge in [-0.1, -0.05) is 5.16 Å². The van der Waals surface area contributed by atoms with Gasteiger partial charge in [0.2, 0.25) is 11.8 Å². The van der Waals surface area contributed by atoms with E-state index in [1.165, 1.54) is 5.01 Å². The number of nitrogens with zero attached hydrogens (tertiary/aromatic N) is 5. The van der Waals surface area contributed by atoms with Gasteiger partial charge in [-0.25, -0.2) is 5.01 Å². The van der Waals surface area contributed by atoms with Crippen molar-refractivity contribution in [1.29, 1.82) is 0 Å². The van der Waals surface area contributed by atoms with Crippen LogP contribution in [0.25, 0.3) is 0 Å². The van der Waals surface area contributed by atoms with E-state index in [0.717, 1.165) is 12.8 Å². The maximum atomic E-state index is 12.7. The molecule has 118 valence electrons. The molecule has 0 aromatic carbocycles. The van der Waals surface area contributed by atoms with Crippen molar-refractivity contribution in [2.45, 2.75) is 45.6 Å². The molecule has 1 atom stereocenters. The molecule has 2 aliphatic heterocycles. The van der Waals surface area contributed by atoms with Crippen molar-refractivity contribution in [1.82, 2.24) is 20.0 Å². The highest BCUT2D eigenvalue weighted by Gasteiger charge is 2.36. The molecular weight excluding hydrogens is 286 g/mol. The fourth-order valence-corrected chi connectivity index (χ4v) is 2.90. The Hall–Kier alpha value is -2.25. The summed E-state index contributed by atoms with van der Waals surface area (Å²) in [5.41, 5.74) is 0.438. The molecule has 2 aliphatic rings. The number of hydrogen-bond acceptors (Lipinski definition) is 6. The van der Waals surface area contributed by atoms with E-state index >= 15 is 0 Å². The van der Waals surface area contributed by atoms with Crippen LogP contribution in [0.5, 0.6) is 0 Å². The molecule has 1 aromatic heterocycles. The highest BCUT2D eigenvalue weighted by atomic mass is 16.5. The highest BCUT2D eigenvalue weighted by Crippen LogP contribution is 2.31. The first-order chi connectivity index (χ1) is 10.6. The maximum absolute atomic E-state index is 12.7. The molecule has 8 nitrogen and oxygen atoms in total. The van der Waals surface area contributed by atoms with Gasteiger partial charge in [0.05, 0.1) is 6.04 Å². The molecule has 3 rings (SSSR count). The van der Waals surface area contributed by atoms with Gasteiger partial charge in [0, 0.05) is 32.9 Å². The fourth-order valence-electron chi connectivity index (χ4n) is 2.90. The second-order valence-electron chi connectivity index (χ2n) is 5.48. The minimum absolute atomic E-state index is 0.0363. The molecule has 0 aliphatic carbocycles. The predicted molar refractivity (Wildman–Crippen MR) is 76.8 cm³/mol. The van der Waals surface area contributed by atoms with E-state index in [0.29, 0.717) is 43.4 Å². The molecule has 0 spiro atoms. The summed E-state index contributed by atoms with van der Waals surface area (Å²) in [4.78, 5) is 30.4. The third kappa shape index (κ3) is 2.60. The summed E-state index contributed by atoms with van der Waals surface area (Å²) in [5.74, 6) is 0.872. The number of aromatic nitrogens is 2. The number of likely N-dealkylation sites (tertiary alicyclic amines) is 1. The summed E-state index contributed by atoms with van der Waals surface area (Å²) in [6.07, 6.45) is 2.43. The van der Waals surface area contributed by atoms with Crippen LogP contribution in [0.4, 0.5) is 0 Å². The first-order valence-corrected chi connectivity index (χ1v) is 7.59. The first-order valence-electron chi connectivity index (χ1n) is 7.59. The summed E-state index contributed by atoms with van der Waals surface area (Å²) in [6.45, 7) is 4.70.